The topological polar surface area (TPSA) is 79.0 Å². The van der Waals surface area contributed by atoms with Crippen LogP contribution in [0.5, 0.6) is 0 Å². The van der Waals surface area contributed by atoms with E-state index >= 15 is 0 Å². The summed E-state index contributed by atoms with van der Waals surface area (Å²) in [7, 11) is 3.29. The van der Waals surface area contributed by atoms with E-state index in [0.717, 1.165) is 0 Å². The van der Waals surface area contributed by atoms with Crippen LogP contribution in [0.4, 0.5) is 0 Å². The van der Waals surface area contributed by atoms with Crippen molar-refractivity contribution < 1.29 is 19.1 Å². The first-order chi connectivity index (χ1) is 9.52. The van der Waals surface area contributed by atoms with E-state index in [2.05, 4.69) is 5.32 Å². The van der Waals surface area contributed by atoms with Crippen LogP contribution in [0.2, 0.25) is 0 Å². The summed E-state index contributed by atoms with van der Waals surface area (Å²) in [5.74, 6) is 0.0378. The molecule has 20 heavy (non-hydrogen) atoms. The molecule has 2 amide bonds. The van der Waals surface area contributed by atoms with Crippen molar-refractivity contribution in [2.24, 2.45) is 0 Å². The summed E-state index contributed by atoms with van der Waals surface area (Å²) < 4.78 is 4.83. The Hall–Kier alpha value is -1.47. The minimum absolute atomic E-state index is 0.0373. The Morgan fingerprint density at radius 1 is 1.30 bits per heavy atom. The fraction of sp³-hybridized carbons (Fsp3) is 0.769. The molecule has 1 N–H and O–H groups in total. The van der Waals surface area contributed by atoms with Crippen molar-refractivity contribution in [3.05, 3.63) is 0 Å². The summed E-state index contributed by atoms with van der Waals surface area (Å²) in [5, 5.41) is 2.70. The number of ether oxygens (including phenoxy) is 1. The van der Waals surface area contributed by atoms with Crippen LogP contribution in [0, 0.1) is 0 Å². The van der Waals surface area contributed by atoms with Crippen molar-refractivity contribution in [3.8, 4) is 0 Å². The maximum absolute atomic E-state index is 12.0. The van der Waals surface area contributed by atoms with Crippen LogP contribution in [0.1, 0.15) is 12.8 Å². The van der Waals surface area contributed by atoms with Gasteiger partial charge in [0, 0.05) is 39.6 Å². The quantitative estimate of drug-likeness (QED) is 0.599. The zero-order chi connectivity index (χ0) is 15.0. The fourth-order valence-corrected chi connectivity index (χ4v) is 1.99. The molecule has 0 atom stereocenters. The Morgan fingerprint density at radius 3 is 2.55 bits per heavy atom. The number of nitrogens with one attached hydrogen (secondary N) is 1. The Labute approximate surface area is 119 Å². The van der Waals surface area contributed by atoms with Gasteiger partial charge in [0.05, 0.1) is 19.7 Å². The van der Waals surface area contributed by atoms with Gasteiger partial charge < -0.3 is 15.0 Å². The van der Waals surface area contributed by atoms with Crippen LogP contribution in [-0.2, 0) is 19.1 Å². The highest BCUT2D eigenvalue weighted by Crippen LogP contribution is 2.06. The third kappa shape index (κ3) is 6.12. The SMILES string of the molecule is COCCNC(=O)CN(C)CC(=O)N1CCC(=O)CC1. The first-order valence-electron chi connectivity index (χ1n) is 6.76. The fourth-order valence-electron chi connectivity index (χ4n) is 1.99. The second kappa shape index (κ2) is 8.65. The number of methoxy groups -OCH3 is 1. The van der Waals surface area contributed by atoms with E-state index in [1.54, 1.807) is 24.0 Å². The summed E-state index contributed by atoms with van der Waals surface area (Å²) in [5.41, 5.74) is 0. The molecule has 0 spiro atoms. The van der Waals surface area contributed by atoms with E-state index in [-0.39, 0.29) is 30.7 Å². The highest BCUT2D eigenvalue weighted by molar-refractivity contribution is 5.84. The number of carbonyl (C=O) groups excluding carboxylic acids is 3. The van der Waals surface area contributed by atoms with Crippen molar-refractivity contribution in [3.63, 3.8) is 0 Å². The lowest BCUT2D eigenvalue weighted by Crippen LogP contribution is -2.45. The maximum atomic E-state index is 12.0. The van der Waals surface area contributed by atoms with Gasteiger partial charge in [0.25, 0.3) is 0 Å². The first kappa shape index (κ1) is 16.6. The molecule has 0 aliphatic carbocycles. The summed E-state index contributed by atoms with van der Waals surface area (Å²) in [6.45, 7) is 2.27. The van der Waals surface area contributed by atoms with Crippen LogP contribution in [-0.4, -0.2) is 80.9 Å². The Bertz CT molecular complexity index is 350. The molecule has 114 valence electrons. The molecule has 1 fully saturated rings. The standard InChI is InChI=1S/C13H23N3O4/c1-15(9-12(18)14-5-8-20-2)10-13(19)16-6-3-11(17)4-7-16/h3-10H2,1-2H3,(H,14,18). The third-order valence-corrected chi connectivity index (χ3v) is 3.12. The molecule has 0 aromatic heterocycles. The molecule has 1 rings (SSSR count). The molecule has 0 saturated carbocycles. The van der Waals surface area contributed by atoms with Gasteiger partial charge in [-0.15, -0.1) is 0 Å². The molecule has 1 saturated heterocycles. The van der Waals surface area contributed by atoms with Crippen molar-refractivity contribution in [1.82, 2.24) is 15.1 Å². The average Bonchev–Trinajstić information content (AvgIpc) is 2.39. The van der Waals surface area contributed by atoms with Gasteiger partial charge in [0.2, 0.25) is 11.8 Å². The summed E-state index contributed by atoms with van der Waals surface area (Å²) in [6.07, 6.45) is 0.875. The summed E-state index contributed by atoms with van der Waals surface area (Å²) in [6, 6.07) is 0. The molecule has 7 nitrogen and oxygen atoms in total. The third-order valence-electron chi connectivity index (χ3n) is 3.12. The molecule has 0 bridgehead atoms. The highest BCUT2D eigenvalue weighted by atomic mass is 16.5. The Morgan fingerprint density at radius 2 is 1.95 bits per heavy atom. The molecule has 1 heterocycles. The van der Waals surface area contributed by atoms with Crippen LogP contribution in [0.3, 0.4) is 0 Å². The van der Waals surface area contributed by atoms with E-state index < -0.39 is 0 Å². The van der Waals surface area contributed by atoms with E-state index in [1.807, 2.05) is 0 Å². The normalized spacial score (nSPS) is 15.6. The average molecular weight is 285 g/mol. The number of Topliss-reactive ketones (excluding diaryl/α,β-unsaturated/α-hetero) is 1. The zero-order valence-electron chi connectivity index (χ0n) is 12.2. The van der Waals surface area contributed by atoms with Gasteiger partial charge in [-0.2, -0.15) is 0 Å². The second-order valence-electron chi connectivity index (χ2n) is 4.93. The predicted octanol–water partition coefficient (Wildman–Crippen LogP) is -1.13. The molecule has 0 unspecified atom stereocenters. The summed E-state index contributed by atoms with van der Waals surface area (Å²) >= 11 is 0. The van der Waals surface area contributed by atoms with E-state index in [0.29, 0.717) is 39.1 Å². The van der Waals surface area contributed by atoms with Gasteiger partial charge in [-0.3, -0.25) is 19.3 Å². The lowest BCUT2D eigenvalue weighted by Gasteiger charge is -2.28. The van der Waals surface area contributed by atoms with Gasteiger partial charge in [0.15, 0.2) is 0 Å². The van der Waals surface area contributed by atoms with Gasteiger partial charge in [-0.05, 0) is 7.05 Å². The van der Waals surface area contributed by atoms with Gasteiger partial charge in [-0.1, -0.05) is 0 Å². The number of likely N-dealkylation sites (tertiary alicyclic amines) is 1. The molecule has 0 aromatic rings. The van der Waals surface area contributed by atoms with Gasteiger partial charge in [0.1, 0.15) is 5.78 Å². The maximum Gasteiger partial charge on any atom is 0.236 e. The number of hydrogen-bond donors (Lipinski definition) is 1. The van der Waals surface area contributed by atoms with E-state index in [1.165, 1.54) is 0 Å². The van der Waals surface area contributed by atoms with Gasteiger partial charge >= 0.3 is 0 Å². The number of nitrogens with zero attached hydrogens (tertiary/aromatic N) is 2. The summed E-state index contributed by atoms with van der Waals surface area (Å²) in [4.78, 5) is 38.0. The molecule has 0 aromatic carbocycles. The monoisotopic (exact) mass is 285 g/mol. The lowest BCUT2D eigenvalue weighted by atomic mass is 10.1. The van der Waals surface area contributed by atoms with Crippen molar-refractivity contribution in [2.45, 2.75) is 12.8 Å². The van der Waals surface area contributed by atoms with Crippen molar-refractivity contribution in [2.75, 3.05) is 53.5 Å². The number of piperidine rings is 1. The highest BCUT2D eigenvalue weighted by Gasteiger charge is 2.21. The predicted molar refractivity (Wildman–Crippen MR) is 73.2 cm³/mol. The number of ketones is 1. The van der Waals surface area contributed by atoms with E-state index in [9.17, 15) is 14.4 Å². The molecule has 0 radical (unpaired) electrons. The Kier molecular flexibility index (Phi) is 7.17. The second-order valence-corrected chi connectivity index (χ2v) is 4.93. The molecule has 1 aliphatic heterocycles. The van der Waals surface area contributed by atoms with Gasteiger partial charge in [-0.25, -0.2) is 0 Å². The first-order valence-corrected chi connectivity index (χ1v) is 6.76. The van der Waals surface area contributed by atoms with Crippen LogP contribution in [0.15, 0.2) is 0 Å². The minimum Gasteiger partial charge on any atom is -0.383 e. The molecular formula is C13H23N3O4. The van der Waals surface area contributed by atoms with Crippen LogP contribution in [0.25, 0.3) is 0 Å². The largest absolute Gasteiger partial charge is 0.383 e. The number of hydrogen-bond acceptors (Lipinski definition) is 5. The Balaban J connectivity index is 2.23. The molecule has 1 aliphatic rings. The van der Waals surface area contributed by atoms with E-state index in [4.69, 9.17) is 4.74 Å². The molecular weight excluding hydrogens is 262 g/mol. The number of rotatable bonds is 7. The number of likely N-dealkylation sites (N-methyl/N-ethyl adjacent to an activating group) is 1. The zero-order valence-corrected chi connectivity index (χ0v) is 12.2. The van der Waals surface area contributed by atoms with Crippen LogP contribution < -0.4 is 5.32 Å². The lowest BCUT2D eigenvalue weighted by molar-refractivity contribution is -0.135. The number of carbonyl (C=O) groups is 3. The molecule has 7 heteroatoms. The van der Waals surface area contributed by atoms with Crippen LogP contribution >= 0.6 is 0 Å². The number of amides is 2. The smallest absolute Gasteiger partial charge is 0.236 e. The minimum atomic E-state index is -0.133. The van der Waals surface area contributed by atoms with Crippen molar-refractivity contribution in [1.29, 1.82) is 0 Å². The van der Waals surface area contributed by atoms with Crippen molar-refractivity contribution >= 4 is 17.6 Å².